The van der Waals surface area contributed by atoms with Gasteiger partial charge in [0.05, 0.1) is 11.8 Å². The number of hydrogen-bond donors (Lipinski definition) is 3. The summed E-state index contributed by atoms with van der Waals surface area (Å²) in [5, 5.41) is 22.9. The number of nitrogens with zero attached hydrogens (tertiary/aromatic N) is 1. The lowest BCUT2D eigenvalue weighted by molar-refractivity contribution is 0.0952. The number of aromatic hydroxyl groups is 2. The first-order valence-corrected chi connectivity index (χ1v) is 5.99. The van der Waals surface area contributed by atoms with Crippen molar-refractivity contribution in [3.8, 4) is 11.5 Å². The fraction of sp³-hybridized carbons (Fsp3) is 0.0667. The Balaban J connectivity index is 2.09. The number of amides is 1. The molecule has 0 aliphatic rings. The zero-order chi connectivity index (χ0) is 14.5. The Bertz CT molecular complexity index is 666. The molecular weight excluding hydrogens is 256 g/mol. The summed E-state index contributed by atoms with van der Waals surface area (Å²) in [5.74, 6) is -0.438. The zero-order valence-electron chi connectivity index (χ0n) is 10.9. The molecule has 0 aromatic heterocycles. The predicted octanol–water partition coefficient (Wildman–Crippen LogP) is 2.17. The van der Waals surface area contributed by atoms with Gasteiger partial charge in [-0.3, -0.25) is 4.79 Å². The van der Waals surface area contributed by atoms with Crippen LogP contribution >= 0.6 is 0 Å². The molecule has 0 spiro atoms. The Morgan fingerprint density at radius 3 is 2.55 bits per heavy atom. The predicted molar refractivity (Wildman–Crippen MR) is 76.0 cm³/mol. The summed E-state index contributed by atoms with van der Waals surface area (Å²) >= 11 is 0. The largest absolute Gasteiger partial charge is 0.508 e. The Morgan fingerprint density at radius 1 is 1.10 bits per heavy atom. The summed E-state index contributed by atoms with van der Waals surface area (Å²) in [4.78, 5) is 11.8. The van der Waals surface area contributed by atoms with Gasteiger partial charge in [-0.15, -0.1) is 0 Å². The normalized spacial score (nSPS) is 10.7. The van der Waals surface area contributed by atoms with Crippen LogP contribution in [0, 0.1) is 6.92 Å². The van der Waals surface area contributed by atoms with E-state index < -0.39 is 5.91 Å². The second-order valence-electron chi connectivity index (χ2n) is 4.21. The SMILES string of the molecule is Cc1c(O)cccc1/C=N/NC(=O)c1ccccc1O. The average molecular weight is 270 g/mol. The smallest absolute Gasteiger partial charge is 0.275 e. The van der Waals surface area contributed by atoms with Gasteiger partial charge in [0.1, 0.15) is 11.5 Å². The van der Waals surface area contributed by atoms with Crippen LogP contribution in [0.15, 0.2) is 47.6 Å². The Hall–Kier alpha value is -2.82. The third-order valence-electron chi connectivity index (χ3n) is 2.87. The van der Waals surface area contributed by atoms with Crippen LogP contribution in [0.5, 0.6) is 11.5 Å². The van der Waals surface area contributed by atoms with Crippen molar-refractivity contribution in [1.82, 2.24) is 5.43 Å². The molecule has 102 valence electrons. The molecule has 20 heavy (non-hydrogen) atoms. The molecule has 0 heterocycles. The van der Waals surface area contributed by atoms with Gasteiger partial charge in [-0.05, 0) is 30.7 Å². The molecule has 5 heteroatoms. The van der Waals surface area contributed by atoms with Crippen LogP contribution < -0.4 is 5.43 Å². The second-order valence-corrected chi connectivity index (χ2v) is 4.21. The minimum atomic E-state index is -0.503. The Kier molecular flexibility index (Phi) is 4.00. The van der Waals surface area contributed by atoms with E-state index in [0.29, 0.717) is 11.1 Å². The lowest BCUT2D eigenvalue weighted by atomic mass is 10.1. The molecule has 0 aliphatic carbocycles. The third kappa shape index (κ3) is 2.95. The molecule has 0 radical (unpaired) electrons. The van der Waals surface area contributed by atoms with E-state index in [2.05, 4.69) is 10.5 Å². The topological polar surface area (TPSA) is 81.9 Å². The van der Waals surface area contributed by atoms with Gasteiger partial charge in [0.2, 0.25) is 0 Å². The summed E-state index contributed by atoms with van der Waals surface area (Å²) in [6.07, 6.45) is 1.44. The number of carbonyl (C=O) groups is 1. The minimum absolute atomic E-state index is 0.103. The van der Waals surface area contributed by atoms with Crippen LogP contribution in [0.25, 0.3) is 0 Å². The van der Waals surface area contributed by atoms with E-state index in [1.165, 1.54) is 18.3 Å². The van der Waals surface area contributed by atoms with E-state index in [-0.39, 0.29) is 17.1 Å². The molecule has 0 fully saturated rings. The standard InChI is InChI=1S/C15H14N2O3/c1-10-11(5-4-8-13(10)18)9-16-17-15(20)12-6-2-3-7-14(12)19/h2-9,18-19H,1H3,(H,17,20)/b16-9+. The van der Waals surface area contributed by atoms with Crippen molar-refractivity contribution in [3.63, 3.8) is 0 Å². The van der Waals surface area contributed by atoms with E-state index in [0.717, 1.165) is 0 Å². The molecule has 0 bridgehead atoms. The number of benzene rings is 2. The van der Waals surface area contributed by atoms with E-state index >= 15 is 0 Å². The first kappa shape index (κ1) is 13.6. The number of para-hydroxylation sites is 1. The van der Waals surface area contributed by atoms with Crippen LogP contribution in [-0.2, 0) is 0 Å². The summed E-state index contributed by atoms with van der Waals surface area (Å²) < 4.78 is 0. The highest BCUT2D eigenvalue weighted by Crippen LogP contribution is 2.18. The number of rotatable bonds is 3. The van der Waals surface area contributed by atoms with E-state index in [9.17, 15) is 15.0 Å². The number of nitrogens with one attached hydrogen (secondary N) is 1. The summed E-state index contributed by atoms with van der Waals surface area (Å²) in [7, 11) is 0. The van der Waals surface area contributed by atoms with E-state index in [1.54, 1.807) is 37.3 Å². The maximum atomic E-state index is 11.8. The van der Waals surface area contributed by atoms with Crippen LogP contribution in [-0.4, -0.2) is 22.3 Å². The third-order valence-corrected chi connectivity index (χ3v) is 2.87. The van der Waals surface area contributed by atoms with Crippen molar-refractivity contribution >= 4 is 12.1 Å². The summed E-state index contributed by atoms with van der Waals surface area (Å²) in [5.41, 5.74) is 3.85. The first-order valence-electron chi connectivity index (χ1n) is 5.99. The number of hydrazone groups is 1. The molecule has 2 aromatic carbocycles. The Labute approximate surface area is 116 Å². The van der Waals surface area contributed by atoms with E-state index in [4.69, 9.17) is 0 Å². The zero-order valence-corrected chi connectivity index (χ0v) is 10.9. The lowest BCUT2D eigenvalue weighted by Crippen LogP contribution is -2.17. The second kappa shape index (κ2) is 5.88. The fourth-order valence-electron chi connectivity index (χ4n) is 1.67. The van der Waals surface area contributed by atoms with Crippen LogP contribution in [0.4, 0.5) is 0 Å². The molecule has 0 saturated heterocycles. The number of phenolic OH excluding ortho intramolecular Hbond substituents is 2. The van der Waals surface area contributed by atoms with Crippen molar-refractivity contribution in [2.45, 2.75) is 6.92 Å². The van der Waals surface area contributed by atoms with Gasteiger partial charge < -0.3 is 10.2 Å². The molecular formula is C15H14N2O3. The number of carbonyl (C=O) groups excluding carboxylic acids is 1. The maximum Gasteiger partial charge on any atom is 0.275 e. The molecule has 0 atom stereocenters. The van der Waals surface area contributed by atoms with Crippen molar-refractivity contribution in [2.24, 2.45) is 5.10 Å². The highest BCUT2D eigenvalue weighted by molar-refractivity contribution is 5.97. The van der Waals surface area contributed by atoms with Crippen molar-refractivity contribution in [3.05, 3.63) is 59.2 Å². The number of hydrogen-bond acceptors (Lipinski definition) is 4. The van der Waals surface area contributed by atoms with Gasteiger partial charge in [0, 0.05) is 5.56 Å². The molecule has 2 rings (SSSR count). The highest BCUT2D eigenvalue weighted by Gasteiger charge is 2.08. The molecule has 1 amide bonds. The molecule has 2 aromatic rings. The van der Waals surface area contributed by atoms with Crippen molar-refractivity contribution < 1.29 is 15.0 Å². The molecule has 3 N–H and O–H groups in total. The van der Waals surface area contributed by atoms with Crippen LogP contribution in [0.2, 0.25) is 0 Å². The van der Waals surface area contributed by atoms with Gasteiger partial charge in [0.25, 0.3) is 5.91 Å². The van der Waals surface area contributed by atoms with Crippen molar-refractivity contribution in [2.75, 3.05) is 0 Å². The lowest BCUT2D eigenvalue weighted by Gasteiger charge is -2.03. The first-order chi connectivity index (χ1) is 9.59. The van der Waals surface area contributed by atoms with Gasteiger partial charge in [0.15, 0.2) is 0 Å². The Morgan fingerprint density at radius 2 is 1.80 bits per heavy atom. The molecule has 0 saturated carbocycles. The molecule has 0 aliphatic heterocycles. The van der Waals surface area contributed by atoms with Crippen LogP contribution in [0.1, 0.15) is 21.5 Å². The molecule has 0 unspecified atom stereocenters. The summed E-state index contributed by atoms with van der Waals surface area (Å²) in [6.45, 7) is 1.75. The molecule has 5 nitrogen and oxygen atoms in total. The monoisotopic (exact) mass is 270 g/mol. The van der Waals surface area contributed by atoms with Gasteiger partial charge in [-0.25, -0.2) is 5.43 Å². The minimum Gasteiger partial charge on any atom is -0.508 e. The van der Waals surface area contributed by atoms with Gasteiger partial charge >= 0.3 is 0 Å². The number of phenols is 2. The average Bonchev–Trinajstić information content (AvgIpc) is 2.44. The highest BCUT2D eigenvalue weighted by atomic mass is 16.3. The van der Waals surface area contributed by atoms with E-state index in [1.807, 2.05) is 0 Å². The van der Waals surface area contributed by atoms with Crippen molar-refractivity contribution in [1.29, 1.82) is 0 Å². The maximum absolute atomic E-state index is 11.8. The van der Waals surface area contributed by atoms with Crippen LogP contribution in [0.3, 0.4) is 0 Å². The summed E-state index contributed by atoms with van der Waals surface area (Å²) in [6, 6.07) is 11.2. The van der Waals surface area contributed by atoms with Gasteiger partial charge in [-0.1, -0.05) is 24.3 Å². The fourth-order valence-corrected chi connectivity index (χ4v) is 1.67. The quantitative estimate of drug-likeness (QED) is 0.590. The van der Waals surface area contributed by atoms with Gasteiger partial charge in [-0.2, -0.15) is 5.10 Å².